The molecule has 0 bridgehead atoms. The SMILES string of the molecule is CCOc1ccccc1C(=O)Nc1nnc(CS(=O)(=O)c2ccccc2)s1. The second kappa shape index (κ2) is 8.28. The zero-order valence-electron chi connectivity index (χ0n) is 14.5. The van der Waals surface area contributed by atoms with Crippen LogP contribution in [-0.4, -0.2) is 31.1 Å². The molecule has 0 atom stereocenters. The van der Waals surface area contributed by atoms with Gasteiger partial charge in [0.25, 0.3) is 5.91 Å². The maximum absolute atomic E-state index is 12.5. The minimum atomic E-state index is -3.52. The van der Waals surface area contributed by atoms with E-state index < -0.39 is 15.7 Å². The monoisotopic (exact) mass is 403 g/mol. The van der Waals surface area contributed by atoms with Gasteiger partial charge in [0.2, 0.25) is 5.13 Å². The van der Waals surface area contributed by atoms with Gasteiger partial charge in [0.1, 0.15) is 16.5 Å². The zero-order valence-corrected chi connectivity index (χ0v) is 16.1. The van der Waals surface area contributed by atoms with E-state index in [1.807, 2.05) is 6.92 Å². The van der Waals surface area contributed by atoms with E-state index >= 15 is 0 Å². The number of aromatic nitrogens is 2. The molecule has 0 fully saturated rings. The molecule has 0 radical (unpaired) electrons. The Labute approximate surface area is 161 Å². The molecule has 0 spiro atoms. The minimum Gasteiger partial charge on any atom is -0.493 e. The summed E-state index contributed by atoms with van der Waals surface area (Å²) in [6.07, 6.45) is 0. The van der Waals surface area contributed by atoms with Crippen LogP contribution >= 0.6 is 11.3 Å². The first kappa shape index (κ1) is 19.0. The Kier molecular flexibility index (Phi) is 5.82. The number of rotatable bonds is 7. The van der Waals surface area contributed by atoms with Crippen LogP contribution in [0.1, 0.15) is 22.3 Å². The van der Waals surface area contributed by atoms with E-state index in [-0.39, 0.29) is 15.8 Å². The molecule has 27 heavy (non-hydrogen) atoms. The normalized spacial score (nSPS) is 11.1. The molecule has 1 N–H and O–H groups in total. The van der Waals surface area contributed by atoms with E-state index in [1.54, 1.807) is 42.5 Å². The number of hydrogen-bond donors (Lipinski definition) is 1. The topological polar surface area (TPSA) is 98.2 Å². The van der Waals surface area contributed by atoms with Crippen LogP contribution in [0.2, 0.25) is 0 Å². The number of carbonyl (C=O) groups excluding carboxylic acids is 1. The fraction of sp³-hybridized carbons (Fsp3) is 0.167. The zero-order chi connectivity index (χ0) is 19.3. The average molecular weight is 403 g/mol. The summed E-state index contributed by atoms with van der Waals surface area (Å²) in [5, 5.41) is 10.9. The number of carbonyl (C=O) groups is 1. The van der Waals surface area contributed by atoms with Crippen molar-refractivity contribution in [3.8, 4) is 5.75 Å². The van der Waals surface area contributed by atoms with Crippen molar-refractivity contribution in [1.29, 1.82) is 0 Å². The van der Waals surface area contributed by atoms with Crippen LogP contribution in [0.3, 0.4) is 0 Å². The lowest BCUT2D eigenvalue weighted by Gasteiger charge is -2.08. The van der Waals surface area contributed by atoms with Gasteiger partial charge in [0.05, 0.1) is 17.1 Å². The van der Waals surface area contributed by atoms with Gasteiger partial charge in [0, 0.05) is 0 Å². The van der Waals surface area contributed by atoms with Gasteiger partial charge >= 0.3 is 0 Å². The fourth-order valence-electron chi connectivity index (χ4n) is 2.34. The number of sulfone groups is 1. The molecule has 0 aliphatic rings. The van der Waals surface area contributed by atoms with Gasteiger partial charge in [-0.25, -0.2) is 8.42 Å². The van der Waals surface area contributed by atoms with E-state index in [2.05, 4.69) is 15.5 Å². The number of hydrogen-bond acceptors (Lipinski definition) is 7. The third-order valence-corrected chi connectivity index (χ3v) is 6.20. The molecular formula is C18H17N3O4S2. The molecule has 9 heteroatoms. The number of nitrogens with zero attached hydrogens (tertiary/aromatic N) is 2. The van der Waals surface area contributed by atoms with Gasteiger partial charge in [-0.1, -0.05) is 41.7 Å². The van der Waals surface area contributed by atoms with Gasteiger partial charge in [-0.3, -0.25) is 10.1 Å². The molecule has 0 aliphatic carbocycles. The van der Waals surface area contributed by atoms with Crippen molar-refractivity contribution < 1.29 is 17.9 Å². The largest absolute Gasteiger partial charge is 0.493 e. The first-order valence-electron chi connectivity index (χ1n) is 8.13. The summed E-state index contributed by atoms with van der Waals surface area (Å²) in [6, 6.07) is 15.0. The van der Waals surface area contributed by atoms with E-state index in [4.69, 9.17) is 4.74 Å². The lowest BCUT2D eigenvalue weighted by Crippen LogP contribution is -2.13. The third kappa shape index (κ3) is 4.69. The molecule has 1 heterocycles. The van der Waals surface area contributed by atoms with Crippen LogP contribution in [0.4, 0.5) is 5.13 Å². The maximum Gasteiger partial charge on any atom is 0.261 e. The second-order valence-corrected chi connectivity index (χ2v) is 8.51. The molecule has 1 aromatic heterocycles. The van der Waals surface area contributed by atoms with E-state index in [0.717, 1.165) is 11.3 Å². The lowest BCUT2D eigenvalue weighted by atomic mass is 10.2. The molecule has 0 aliphatic heterocycles. The summed E-state index contributed by atoms with van der Waals surface area (Å²) in [6.45, 7) is 2.27. The van der Waals surface area contributed by atoms with E-state index in [9.17, 15) is 13.2 Å². The summed E-state index contributed by atoms with van der Waals surface area (Å²) in [5.41, 5.74) is 0.369. The Morgan fingerprint density at radius 3 is 2.52 bits per heavy atom. The molecule has 7 nitrogen and oxygen atoms in total. The molecular weight excluding hydrogens is 386 g/mol. The standard InChI is InChI=1S/C18H17N3O4S2/c1-2-25-15-11-7-6-10-14(15)17(22)19-18-21-20-16(26-18)12-27(23,24)13-8-4-3-5-9-13/h3-11H,2,12H2,1H3,(H,19,21,22). The van der Waals surface area contributed by atoms with E-state index in [1.165, 1.54) is 12.1 Å². The highest BCUT2D eigenvalue weighted by atomic mass is 32.2. The van der Waals surface area contributed by atoms with Crippen molar-refractivity contribution in [1.82, 2.24) is 10.2 Å². The molecule has 0 saturated heterocycles. The molecule has 0 saturated carbocycles. The van der Waals surface area contributed by atoms with Crippen molar-refractivity contribution in [2.24, 2.45) is 0 Å². The fourth-order valence-corrected chi connectivity index (χ4v) is 4.69. The highest BCUT2D eigenvalue weighted by Crippen LogP contribution is 2.23. The number of nitrogens with one attached hydrogen (secondary N) is 1. The highest BCUT2D eigenvalue weighted by Gasteiger charge is 2.19. The van der Waals surface area contributed by atoms with Gasteiger partial charge in [-0.05, 0) is 31.2 Å². The smallest absolute Gasteiger partial charge is 0.261 e. The van der Waals surface area contributed by atoms with Gasteiger partial charge < -0.3 is 4.74 Å². The molecule has 2 aromatic carbocycles. The van der Waals surface area contributed by atoms with Crippen LogP contribution in [0.25, 0.3) is 0 Å². The predicted octanol–water partition coefficient (Wildman–Crippen LogP) is 3.16. The Balaban J connectivity index is 1.72. The van der Waals surface area contributed by atoms with Crippen molar-refractivity contribution in [2.45, 2.75) is 17.6 Å². The highest BCUT2D eigenvalue weighted by molar-refractivity contribution is 7.90. The van der Waals surface area contributed by atoms with Gasteiger partial charge in [0.15, 0.2) is 9.84 Å². The van der Waals surface area contributed by atoms with Crippen molar-refractivity contribution >= 4 is 32.2 Å². The predicted molar refractivity (Wildman–Crippen MR) is 103 cm³/mol. The van der Waals surface area contributed by atoms with Gasteiger partial charge in [-0.15, -0.1) is 10.2 Å². The Morgan fingerprint density at radius 2 is 1.78 bits per heavy atom. The number of anilines is 1. The van der Waals surface area contributed by atoms with Crippen molar-refractivity contribution in [3.05, 3.63) is 65.2 Å². The van der Waals surface area contributed by atoms with Crippen molar-refractivity contribution in [2.75, 3.05) is 11.9 Å². The Morgan fingerprint density at radius 1 is 1.07 bits per heavy atom. The van der Waals surface area contributed by atoms with Crippen LogP contribution in [0, 0.1) is 0 Å². The van der Waals surface area contributed by atoms with Crippen molar-refractivity contribution in [3.63, 3.8) is 0 Å². The summed E-state index contributed by atoms with van der Waals surface area (Å²) >= 11 is 1.02. The lowest BCUT2D eigenvalue weighted by molar-refractivity contribution is 0.102. The van der Waals surface area contributed by atoms with Crippen LogP contribution in [-0.2, 0) is 15.6 Å². The Hall–Kier alpha value is -2.78. The molecule has 0 unspecified atom stereocenters. The summed E-state index contributed by atoms with van der Waals surface area (Å²) in [7, 11) is -3.52. The third-order valence-electron chi connectivity index (χ3n) is 3.53. The molecule has 3 rings (SSSR count). The first-order chi connectivity index (χ1) is 13.0. The summed E-state index contributed by atoms with van der Waals surface area (Å²) in [5.74, 6) is -0.207. The molecule has 1 amide bonds. The Bertz CT molecular complexity index is 1030. The van der Waals surface area contributed by atoms with E-state index in [0.29, 0.717) is 22.9 Å². The average Bonchev–Trinajstić information content (AvgIpc) is 3.09. The van der Waals surface area contributed by atoms with Crippen LogP contribution in [0.5, 0.6) is 5.75 Å². The molecule has 140 valence electrons. The first-order valence-corrected chi connectivity index (χ1v) is 10.6. The minimum absolute atomic E-state index is 0.219. The number of para-hydroxylation sites is 1. The second-order valence-electron chi connectivity index (χ2n) is 5.46. The maximum atomic E-state index is 12.5. The molecule has 3 aromatic rings. The summed E-state index contributed by atoms with van der Waals surface area (Å²) in [4.78, 5) is 12.7. The summed E-state index contributed by atoms with van der Waals surface area (Å²) < 4.78 is 30.3. The van der Waals surface area contributed by atoms with Crippen LogP contribution in [0.15, 0.2) is 59.5 Å². The number of amides is 1. The number of ether oxygens (including phenoxy) is 1. The van der Waals surface area contributed by atoms with Gasteiger partial charge in [-0.2, -0.15) is 0 Å². The van der Waals surface area contributed by atoms with Crippen LogP contribution < -0.4 is 10.1 Å². The quantitative estimate of drug-likeness (QED) is 0.651. The number of benzene rings is 2.